The first-order chi connectivity index (χ1) is 5.81. The van der Waals surface area contributed by atoms with Crippen molar-refractivity contribution in [2.45, 2.75) is 51.1 Å². The Morgan fingerprint density at radius 1 is 1.33 bits per heavy atom. The first-order valence-electron chi connectivity index (χ1n) is 5.08. The van der Waals surface area contributed by atoms with Crippen molar-refractivity contribution < 1.29 is 4.79 Å². The van der Waals surface area contributed by atoms with Crippen LogP contribution in [0, 0.1) is 0 Å². The van der Waals surface area contributed by atoms with Crippen molar-refractivity contribution in [2.75, 3.05) is 6.54 Å². The van der Waals surface area contributed by atoms with Crippen LogP contribution in [0.3, 0.4) is 0 Å². The molecule has 12 heavy (non-hydrogen) atoms. The third kappa shape index (κ3) is 1.53. The number of Topliss-reactive ketones (excluding diaryl/α,β-unsaturated/α-hetero) is 1. The van der Waals surface area contributed by atoms with E-state index < -0.39 is 0 Å². The van der Waals surface area contributed by atoms with Gasteiger partial charge in [0.15, 0.2) is 0 Å². The fourth-order valence-electron chi connectivity index (χ4n) is 2.30. The highest BCUT2D eigenvalue weighted by molar-refractivity contribution is 5.81. The van der Waals surface area contributed by atoms with Gasteiger partial charge in [-0.05, 0) is 25.8 Å². The summed E-state index contributed by atoms with van der Waals surface area (Å²) in [5.74, 6) is 0.471. The molecule has 2 nitrogen and oxygen atoms in total. The standard InChI is InChI=1S/C10H17NO/c1-2-11(8-3-4-8)9-5-6-10(12)7-9/h8-9H,2-7H2,1H3. The molecule has 2 fully saturated rings. The molecule has 0 N–H and O–H groups in total. The van der Waals surface area contributed by atoms with Crippen LogP contribution in [0.1, 0.15) is 39.0 Å². The van der Waals surface area contributed by atoms with Gasteiger partial charge in [0, 0.05) is 24.9 Å². The van der Waals surface area contributed by atoms with Gasteiger partial charge in [0.2, 0.25) is 0 Å². The summed E-state index contributed by atoms with van der Waals surface area (Å²) in [5.41, 5.74) is 0. The lowest BCUT2D eigenvalue weighted by atomic mass is 10.2. The number of carbonyl (C=O) groups is 1. The monoisotopic (exact) mass is 167 g/mol. The molecule has 0 saturated heterocycles. The number of hydrogen-bond acceptors (Lipinski definition) is 2. The van der Waals surface area contributed by atoms with E-state index in [0.29, 0.717) is 11.8 Å². The van der Waals surface area contributed by atoms with E-state index >= 15 is 0 Å². The average molecular weight is 167 g/mol. The van der Waals surface area contributed by atoms with Crippen molar-refractivity contribution in [1.29, 1.82) is 0 Å². The Bertz CT molecular complexity index is 186. The molecule has 1 unspecified atom stereocenters. The maximum Gasteiger partial charge on any atom is 0.134 e. The summed E-state index contributed by atoms with van der Waals surface area (Å²) in [4.78, 5) is 13.6. The van der Waals surface area contributed by atoms with E-state index in [1.807, 2.05) is 0 Å². The van der Waals surface area contributed by atoms with Gasteiger partial charge < -0.3 is 0 Å². The number of carbonyl (C=O) groups excluding carboxylic acids is 1. The number of rotatable bonds is 3. The van der Waals surface area contributed by atoms with Crippen molar-refractivity contribution in [3.8, 4) is 0 Å². The van der Waals surface area contributed by atoms with Gasteiger partial charge in [0.25, 0.3) is 0 Å². The summed E-state index contributed by atoms with van der Waals surface area (Å²) in [6, 6.07) is 1.42. The topological polar surface area (TPSA) is 20.3 Å². The van der Waals surface area contributed by atoms with Crippen molar-refractivity contribution in [1.82, 2.24) is 4.90 Å². The predicted octanol–water partition coefficient (Wildman–Crippen LogP) is 1.59. The zero-order valence-electron chi connectivity index (χ0n) is 7.75. The Morgan fingerprint density at radius 2 is 2.08 bits per heavy atom. The molecule has 2 aliphatic rings. The summed E-state index contributed by atoms with van der Waals surface area (Å²) in [7, 11) is 0. The smallest absolute Gasteiger partial charge is 0.134 e. The lowest BCUT2D eigenvalue weighted by Crippen LogP contribution is -2.35. The molecule has 0 heterocycles. The van der Waals surface area contributed by atoms with Crippen molar-refractivity contribution >= 4 is 5.78 Å². The third-order valence-electron chi connectivity index (χ3n) is 3.07. The lowest BCUT2D eigenvalue weighted by Gasteiger charge is -2.26. The maximum atomic E-state index is 11.1. The SMILES string of the molecule is CCN(C1CC1)C1CCC(=O)C1. The summed E-state index contributed by atoms with van der Waals surface area (Å²) >= 11 is 0. The van der Waals surface area contributed by atoms with E-state index in [1.54, 1.807) is 0 Å². The summed E-state index contributed by atoms with van der Waals surface area (Å²) < 4.78 is 0. The summed E-state index contributed by atoms with van der Waals surface area (Å²) in [5, 5.41) is 0. The van der Waals surface area contributed by atoms with Crippen molar-refractivity contribution in [3.63, 3.8) is 0 Å². The molecule has 2 saturated carbocycles. The largest absolute Gasteiger partial charge is 0.300 e. The van der Waals surface area contributed by atoms with E-state index in [-0.39, 0.29) is 0 Å². The zero-order valence-corrected chi connectivity index (χ0v) is 7.75. The second-order valence-corrected chi connectivity index (χ2v) is 4.00. The molecule has 2 heteroatoms. The van der Waals surface area contributed by atoms with Gasteiger partial charge in [-0.3, -0.25) is 9.69 Å². The maximum absolute atomic E-state index is 11.1. The van der Waals surface area contributed by atoms with Crippen LogP contribution in [0.4, 0.5) is 0 Å². The number of nitrogens with zero attached hydrogens (tertiary/aromatic N) is 1. The highest BCUT2D eigenvalue weighted by Gasteiger charge is 2.35. The van der Waals surface area contributed by atoms with Crippen LogP contribution in [-0.4, -0.2) is 29.3 Å². The highest BCUT2D eigenvalue weighted by atomic mass is 16.1. The second-order valence-electron chi connectivity index (χ2n) is 4.00. The van der Waals surface area contributed by atoms with Gasteiger partial charge in [-0.25, -0.2) is 0 Å². The second kappa shape index (κ2) is 3.17. The quantitative estimate of drug-likeness (QED) is 0.636. The summed E-state index contributed by atoms with van der Waals surface area (Å²) in [6.07, 6.45) is 5.48. The molecule has 0 amide bonds. The Kier molecular flexibility index (Phi) is 2.18. The van der Waals surface area contributed by atoms with Crippen LogP contribution in [-0.2, 0) is 4.79 Å². The van der Waals surface area contributed by atoms with Crippen LogP contribution in [0.25, 0.3) is 0 Å². The van der Waals surface area contributed by atoms with Gasteiger partial charge in [-0.2, -0.15) is 0 Å². The molecular weight excluding hydrogens is 150 g/mol. The molecule has 0 spiro atoms. The van der Waals surface area contributed by atoms with Crippen LogP contribution >= 0.6 is 0 Å². The summed E-state index contributed by atoms with van der Waals surface area (Å²) in [6.45, 7) is 3.34. The highest BCUT2D eigenvalue weighted by Crippen LogP contribution is 2.32. The minimum atomic E-state index is 0.471. The molecule has 0 radical (unpaired) electrons. The van der Waals surface area contributed by atoms with E-state index in [9.17, 15) is 4.79 Å². The zero-order chi connectivity index (χ0) is 8.55. The molecule has 2 rings (SSSR count). The third-order valence-corrected chi connectivity index (χ3v) is 3.07. The Balaban J connectivity index is 1.92. The Hall–Kier alpha value is -0.370. The normalized spacial score (nSPS) is 30.2. The first-order valence-corrected chi connectivity index (χ1v) is 5.08. The van der Waals surface area contributed by atoms with Gasteiger partial charge in [0.05, 0.1) is 0 Å². The minimum Gasteiger partial charge on any atom is -0.300 e. The lowest BCUT2D eigenvalue weighted by molar-refractivity contribution is -0.117. The van der Waals surface area contributed by atoms with Gasteiger partial charge in [-0.1, -0.05) is 6.92 Å². The molecule has 0 aromatic carbocycles. The van der Waals surface area contributed by atoms with Crippen LogP contribution in [0.5, 0.6) is 0 Å². The fourth-order valence-corrected chi connectivity index (χ4v) is 2.30. The fraction of sp³-hybridized carbons (Fsp3) is 0.900. The molecular formula is C10H17NO. The van der Waals surface area contributed by atoms with Crippen molar-refractivity contribution in [2.24, 2.45) is 0 Å². The number of ketones is 1. The van der Waals surface area contributed by atoms with E-state index in [0.717, 1.165) is 31.8 Å². The number of hydrogen-bond donors (Lipinski definition) is 0. The average Bonchev–Trinajstić information content (AvgIpc) is 2.78. The van der Waals surface area contributed by atoms with Crippen molar-refractivity contribution in [3.05, 3.63) is 0 Å². The van der Waals surface area contributed by atoms with Crippen LogP contribution < -0.4 is 0 Å². The molecule has 68 valence electrons. The molecule has 2 aliphatic carbocycles. The minimum absolute atomic E-state index is 0.471. The Morgan fingerprint density at radius 3 is 2.50 bits per heavy atom. The van der Waals surface area contributed by atoms with E-state index in [1.165, 1.54) is 12.8 Å². The van der Waals surface area contributed by atoms with Gasteiger partial charge >= 0.3 is 0 Å². The van der Waals surface area contributed by atoms with E-state index in [4.69, 9.17) is 0 Å². The molecule has 0 bridgehead atoms. The first kappa shape index (κ1) is 8.24. The van der Waals surface area contributed by atoms with Crippen LogP contribution in [0.15, 0.2) is 0 Å². The molecule has 0 aromatic rings. The molecule has 1 atom stereocenters. The molecule has 0 aromatic heterocycles. The van der Waals surface area contributed by atoms with E-state index in [2.05, 4.69) is 11.8 Å². The predicted molar refractivity (Wildman–Crippen MR) is 48.0 cm³/mol. The Labute approximate surface area is 73.9 Å². The van der Waals surface area contributed by atoms with Crippen LogP contribution in [0.2, 0.25) is 0 Å². The molecule has 0 aliphatic heterocycles. The van der Waals surface area contributed by atoms with Gasteiger partial charge in [0.1, 0.15) is 5.78 Å². The van der Waals surface area contributed by atoms with Gasteiger partial charge in [-0.15, -0.1) is 0 Å².